The molecule has 0 bridgehead atoms. The summed E-state index contributed by atoms with van der Waals surface area (Å²) in [4.78, 5) is 22.8. The number of amides is 2. The Kier molecular flexibility index (Phi) is 6.80. The first-order chi connectivity index (χ1) is 7.74. The van der Waals surface area contributed by atoms with Gasteiger partial charge in [0, 0.05) is 13.0 Å². The van der Waals surface area contributed by atoms with Crippen LogP contribution in [0.15, 0.2) is 0 Å². The SMILES string of the molecule is CC(CN)CNC(=O)CNC(=O)CC(C)(C)C. The van der Waals surface area contributed by atoms with Crippen molar-refractivity contribution in [2.24, 2.45) is 17.1 Å². The summed E-state index contributed by atoms with van der Waals surface area (Å²) in [5.74, 6) is -0.0173. The quantitative estimate of drug-likeness (QED) is 0.625. The lowest BCUT2D eigenvalue weighted by atomic mass is 9.92. The van der Waals surface area contributed by atoms with E-state index in [1.54, 1.807) is 0 Å². The second kappa shape index (κ2) is 7.27. The maximum absolute atomic E-state index is 11.4. The molecule has 1 unspecified atom stereocenters. The third-order valence-corrected chi connectivity index (χ3v) is 2.19. The number of carbonyl (C=O) groups is 2. The van der Waals surface area contributed by atoms with Crippen molar-refractivity contribution >= 4 is 11.8 Å². The molecular formula is C12H25N3O2. The van der Waals surface area contributed by atoms with Gasteiger partial charge in [-0.3, -0.25) is 9.59 Å². The van der Waals surface area contributed by atoms with Crippen LogP contribution >= 0.6 is 0 Å². The van der Waals surface area contributed by atoms with Crippen molar-refractivity contribution in [3.05, 3.63) is 0 Å². The molecule has 0 fully saturated rings. The van der Waals surface area contributed by atoms with Crippen molar-refractivity contribution in [3.8, 4) is 0 Å². The van der Waals surface area contributed by atoms with Crippen molar-refractivity contribution in [3.63, 3.8) is 0 Å². The first kappa shape index (κ1) is 15.9. The molecule has 0 radical (unpaired) electrons. The highest BCUT2D eigenvalue weighted by molar-refractivity contribution is 5.84. The van der Waals surface area contributed by atoms with Gasteiger partial charge in [-0.15, -0.1) is 0 Å². The highest BCUT2D eigenvalue weighted by Gasteiger charge is 2.16. The van der Waals surface area contributed by atoms with Gasteiger partial charge in [-0.05, 0) is 17.9 Å². The van der Waals surface area contributed by atoms with Crippen molar-refractivity contribution in [1.29, 1.82) is 0 Å². The largest absolute Gasteiger partial charge is 0.354 e. The van der Waals surface area contributed by atoms with Crippen LogP contribution in [0.2, 0.25) is 0 Å². The summed E-state index contributed by atoms with van der Waals surface area (Å²) in [6.45, 7) is 9.02. The fourth-order valence-corrected chi connectivity index (χ4v) is 1.16. The first-order valence-electron chi connectivity index (χ1n) is 5.98. The van der Waals surface area contributed by atoms with E-state index in [4.69, 9.17) is 5.73 Å². The predicted octanol–water partition coefficient (Wildman–Crippen LogP) is 0.250. The molecule has 0 heterocycles. The third-order valence-electron chi connectivity index (χ3n) is 2.19. The average molecular weight is 243 g/mol. The standard InChI is InChI=1S/C12H25N3O2/c1-9(6-13)7-14-11(17)8-15-10(16)5-12(2,3)4/h9H,5-8,13H2,1-4H3,(H,14,17)(H,15,16). The lowest BCUT2D eigenvalue weighted by Gasteiger charge is -2.17. The van der Waals surface area contributed by atoms with Gasteiger partial charge in [0.2, 0.25) is 11.8 Å². The van der Waals surface area contributed by atoms with E-state index in [0.29, 0.717) is 19.5 Å². The Morgan fingerprint density at radius 1 is 1.18 bits per heavy atom. The van der Waals surface area contributed by atoms with E-state index in [-0.39, 0.29) is 29.7 Å². The summed E-state index contributed by atoms with van der Waals surface area (Å²) < 4.78 is 0. The van der Waals surface area contributed by atoms with Crippen molar-refractivity contribution in [1.82, 2.24) is 10.6 Å². The molecule has 0 aromatic heterocycles. The molecule has 2 amide bonds. The number of hydrogen-bond acceptors (Lipinski definition) is 3. The Labute approximate surface area is 104 Å². The molecule has 100 valence electrons. The van der Waals surface area contributed by atoms with Gasteiger partial charge in [0.1, 0.15) is 0 Å². The van der Waals surface area contributed by atoms with E-state index in [9.17, 15) is 9.59 Å². The van der Waals surface area contributed by atoms with Crippen LogP contribution in [-0.2, 0) is 9.59 Å². The summed E-state index contributed by atoms with van der Waals surface area (Å²) in [5, 5.41) is 5.32. The molecule has 0 saturated carbocycles. The van der Waals surface area contributed by atoms with Gasteiger partial charge in [-0.25, -0.2) is 0 Å². The van der Waals surface area contributed by atoms with Crippen molar-refractivity contribution < 1.29 is 9.59 Å². The zero-order chi connectivity index (χ0) is 13.5. The zero-order valence-electron chi connectivity index (χ0n) is 11.3. The number of carbonyl (C=O) groups excluding carboxylic acids is 2. The number of rotatable bonds is 6. The van der Waals surface area contributed by atoms with E-state index in [1.807, 2.05) is 27.7 Å². The topological polar surface area (TPSA) is 84.2 Å². The fraction of sp³-hybridized carbons (Fsp3) is 0.833. The fourth-order valence-electron chi connectivity index (χ4n) is 1.16. The molecule has 0 aromatic rings. The average Bonchev–Trinajstić information content (AvgIpc) is 2.20. The molecule has 17 heavy (non-hydrogen) atoms. The summed E-state index contributed by atoms with van der Waals surface area (Å²) in [5.41, 5.74) is 5.37. The molecule has 0 aromatic carbocycles. The third kappa shape index (κ3) is 9.81. The summed E-state index contributed by atoms with van der Waals surface area (Å²) in [6.07, 6.45) is 0.416. The van der Waals surface area contributed by atoms with E-state index < -0.39 is 0 Å². The molecule has 0 spiro atoms. The minimum absolute atomic E-state index is 0.0339. The summed E-state index contributed by atoms with van der Waals surface area (Å²) >= 11 is 0. The van der Waals surface area contributed by atoms with Crippen LogP contribution in [0.25, 0.3) is 0 Å². The van der Waals surface area contributed by atoms with E-state index in [2.05, 4.69) is 10.6 Å². The van der Waals surface area contributed by atoms with Crippen LogP contribution in [0.5, 0.6) is 0 Å². The molecule has 0 aliphatic rings. The first-order valence-corrected chi connectivity index (χ1v) is 5.98. The monoisotopic (exact) mass is 243 g/mol. The second-order valence-corrected chi connectivity index (χ2v) is 5.66. The maximum atomic E-state index is 11.4. The molecule has 4 N–H and O–H groups in total. The molecule has 5 nitrogen and oxygen atoms in total. The molecular weight excluding hydrogens is 218 g/mol. The molecule has 0 aliphatic heterocycles. The van der Waals surface area contributed by atoms with Gasteiger partial charge in [-0.1, -0.05) is 27.7 Å². The van der Waals surface area contributed by atoms with Gasteiger partial charge in [0.05, 0.1) is 6.54 Å². The van der Waals surface area contributed by atoms with Gasteiger partial charge in [0.25, 0.3) is 0 Å². The molecule has 5 heteroatoms. The Hall–Kier alpha value is -1.10. The van der Waals surface area contributed by atoms with Crippen LogP contribution < -0.4 is 16.4 Å². The van der Waals surface area contributed by atoms with Crippen LogP contribution in [0.3, 0.4) is 0 Å². The molecule has 1 atom stereocenters. The highest BCUT2D eigenvalue weighted by Crippen LogP contribution is 2.17. The highest BCUT2D eigenvalue weighted by atomic mass is 16.2. The Balaban J connectivity index is 3.74. The molecule has 0 saturated heterocycles. The van der Waals surface area contributed by atoms with E-state index in [1.165, 1.54) is 0 Å². The summed E-state index contributed by atoms with van der Waals surface area (Å²) in [7, 11) is 0. The van der Waals surface area contributed by atoms with Gasteiger partial charge < -0.3 is 16.4 Å². The predicted molar refractivity (Wildman–Crippen MR) is 68.3 cm³/mol. The van der Waals surface area contributed by atoms with Crippen molar-refractivity contribution in [2.45, 2.75) is 34.1 Å². The number of nitrogens with two attached hydrogens (primary N) is 1. The maximum Gasteiger partial charge on any atom is 0.239 e. The zero-order valence-corrected chi connectivity index (χ0v) is 11.3. The van der Waals surface area contributed by atoms with Crippen molar-refractivity contribution in [2.75, 3.05) is 19.6 Å². The molecule has 0 aliphatic carbocycles. The van der Waals surface area contributed by atoms with Gasteiger partial charge >= 0.3 is 0 Å². The van der Waals surface area contributed by atoms with Gasteiger partial charge in [0.15, 0.2) is 0 Å². The number of hydrogen-bond donors (Lipinski definition) is 3. The normalized spacial score (nSPS) is 13.0. The Morgan fingerprint density at radius 3 is 2.24 bits per heavy atom. The van der Waals surface area contributed by atoms with Crippen LogP contribution in [0.4, 0.5) is 0 Å². The van der Waals surface area contributed by atoms with Crippen LogP contribution in [0.1, 0.15) is 34.1 Å². The molecule has 0 rings (SSSR count). The summed E-state index contributed by atoms with van der Waals surface area (Å²) in [6, 6.07) is 0. The van der Waals surface area contributed by atoms with E-state index in [0.717, 1.165) is 0 Å². The van der Waals surface area contributed by atoms with Crippen LogP contribution in [0, 0.1) is 11.3 Å². The lowest BCUT2D eigenvalue weighted by Crippen LogP contribution is -2.40. The van der Waals surface area contributed by atoms with Crippen LogP contribution in [-0.4, -0.2) is 31.4 Å². The lowest BCUT2D eigenvalue weighted by molar-refractivity contribution is -0.127. The number of nitrogens with one attached hydrogen (secondary N) is 2. The van der Waals surface area contributed by atoms with E-state index >= 15 is 0 Å². The second-order valence-electron chi connectivity index (χ2n) is 5.66. The smallest absolute Gasteiger partial charge is 0.239 e. The minimum atomic E-state index is -0.174. The Bertz CT molecular complexity index is 259. The Morgan fingerprint density at radius 2 is 1.76 bits per heavy atom. The minimum Gasteiger partial charge on any atom is -0.354 e. The van der Waals surface area contributed by atoms with Gasteiger partial charge in [-0.2, -0.15) is 0 Å².